The van der Waals surface area contributed by atoms with Crippen LogP contribution >= 0.6 is 11.3 Å². The fourth-order valence-electron chi connectivity index (χ4n) is 1.84. The zero-order valence-electron chi connectivity index (χ0n) is 12.2. The molecule has 1 aromatic heterocycles. The van der Waals surface area contributed by atoms with Gasteiger partial charge in [-0.2, -0.15) is 0 Å². The van der Waals surface area contributed by atoms with Crippen molar-refractivity contribution in [2.75, 3.05) is 13.1 Å². The van der Waals surface area contributed by atoms with Gasteiger partial charge < -0.3 is 14.9 Å². The minimum absolute atomic E-state index is 0.0233. The Balaban J connectivity index is 2.73. The molecule has 0 unspecified atom stereocenters. The first-order valence-corrected chi connectivity index (χ1v) is 7.63. The molecule has 0 saturated heterocycles. The van der Waals surface area contributed by atoms with E-state index >= 15 is 0 Å². The molecule has 0 fully saturated rings. The monoisotopic (exact) mass is 298 g/mol. The summed E-state index contributed by atoms with van der Waals surface area (Å²) >= 11 is 1.62. The van der Waals surface area contributed by atoms with Crippen LogP contribution in [0, 0.1) is 0 Å². The number of carbonyl (C=O) groups is 2. The Bertz CT molecular complexity index is 432. The SMILES string of the molecule is CCN(CCC(=O)O)C(=O)N(Cc1cccs1)C(C)C. The highest BCUT2D eigenvalue weighted by atomic mass is 32.1. The number of hydrogen-bond donors (Lipinski definition) is 1. The number of carboxylic acids is 1. The molecule has 0 aliphatic heterocycles. The van der Waals surface area contributed by atoms with Crippen LogP contribution in [-0.4, -0.2) is 46.0 Å². The van der Waals surface area contributed by atoms with E-state index in [2.05, 4.69) is 0 Å². The fraction of sp³-hybridized carbons (Fsp3) is 0.571. The van der Waals surface area contributed by atoms with E-state index in [9.17, 15) is 9.59 Å². The van der Waals surface area contributed by atoms with Crippen LogP contribution in [0.15, 0.2) is 17.5 Å². The molecule has 1 N–H and O–H groups in total. The lowest BCUT2D eigenvalue weighted by atomic mass is 10.3. The highest BCUT2D eigenvalue weighted by molar-refractivity contribution is 7.09. The minimum atomic E-state index is -0.884. The van der Waals surface area contributed by atoms with Crippen LogP contribution in [0.2, 0.25) is 0 Å². The van der Waals surface area contributed by atoms with E-state index < -0.39 is 5.97 Å². The van der Waals surface area contributed by atoms with Gasteiger partial charge in [0.2, 0.25) is 0 Å². The molecule has 0 radical (unpaired) electrons. The average molecular weight is 298 g/mol. The summed E-state index contributed by atoms with van der Waals surface area (Å²) in [4.78, 5) is 27.7. The molecule has 0 spiro atoms. The van der Waals surface area contributed by atoms with Crippen molar-refractivity contribution in [3.8, 4) is 0 Å². The van der Waals surface area contributed by atoms with Crippen LogP contribution in [0.4, 0.5) is 4.79 Å². The van der Waals surface area contributed by atoms with Crippen molar-refractivity contribution in [1.29, 1.82) is 0 Å². The van der Waals surface area contributed by atoms with Gasteiger partial charge in [-0.15, -0.1) is 11.3 Å². The summed E-state index contributed by atoms with van der Waals surface area (Å²) in [6.45, 7) is 7.13. The molecule has 6 heteroatoms. The number of carboxylic acid groups (broad SMARTS) is 1. The maximum atomic E-state index is 12.5. The number of urea groups is 1. The molecule has 0 aliphatic carbocycles. The number of thiophene rings is 1. The van der Waals surface area contributed by atoms with Crippen molar-refractivity contribution < 1.29 is 14.7 Å². The zero-order valence-corrected chi connectivity index (χ0v) is 13.0. The topological polar surface area (TPSA) is 60.9 Å². The molecule has 5 nitrogen and oxygen atoms in total. The van der Waals surface area contributed by atoms with Gasteiger partial charge in [-0.1, -0.05) is 6.07 Å². The Morgan fingerprint density at radius 2 is 2.10 bits per heavy atom. The van der Waals surface area contributed by atoms with E-state index in [1.807, 2.05) is 38.3 Å². The molecule has 112 valence electrons. The summed E-state index contributed by atoms with van der Waals surface area (Å²) in [5, 5.41) is 10.7. The molecular formula is C14H22N2O3S. The quantitative estimate of drug-likeness (QED) is 0.842. The van der Waals surface area contributed by atoms with E-state index in [1.54, 1.807) is 21.1 Å². The fourth-order valence-corrected chi connectivity index (χ4v) is 2.55. The molecule has 1 heterocycles. The summed E-state index contributed by atoms with van der Waals surface area (Å²) in [6.07, 6.45) is -0.0233. The van der Waals surface area contributed by atoms with Crippen molar-refractivity contribution in [2.45, 2.75) is 39.8 Å². The predicted molar refractivity (Wildman–Crippen MR) is 79.9 cm³/mol. The third kappa shape index (κ3) is 4.85. The first kappa shape index (κ1) is 16.5. The summed E-state index contributed by atoms with van der Waals surface area (Å²) in [6, 6.07) is 3.94. The Kier molecular flexibility index (Phi) is 6.51. The Morgan fingerprint density at radius 1 is 1.40 bits per heavy atom. The van der Waals surface area contributed by atoms with Crippen LogP contribution in [0.25, 0.3) is 0 Å². The van der Waals surface area contributed by atoms with Gasteiger partial charge in [-0.05, 0) is 32.2 Å². The number of carbonyl (C=O) groups excluding carboxylic acids is 1. The first-order chi connectivity index (χ1) is 9.45. The van der Waals surface area contributed by atoms with Crippen LogP contribution in [0.5, 0.6) is 0 Å². The maximum Gasteiger partial charge on any atom is 0.320 e. The second-order valence-electron chi connectivity index (χ2n) is 4.81. The lowest BCUT2D eigenvalue weighted by molar-refractivity contribution is -0.137. The average Bonchev–Trinajstić information content (AvgIpc) is 2.88. The molecule has 0 bridgehead atoms. The van der Waals surface area contributed by atoms with Crippen LogP contribution in [-0.2, 0) is 11.3 Å². The van der Waals surface area contributed by atoms with Crippen molar-refractivity contribution in [3.63, 3.8) is 0 Å². The van der Waals surface area contributed by atoms with Crippen LogP contribution in [0.1, 0.15) is 32.1 Å². The Labute approximate surface area is 123 Å². The zero-order chi connectivity index (χ0) is 15.1. The Hall–Kier alpha value is -1.56. The minimum Gasteiger partial charge on any atom is -0.481 e. The highest BCUT2D eigenvalue weighted by Gasteiger charge is 2.23. The summed E-state index contributed by atoms with van der Waals surface area (Å²) in [5.74, 6) is -0.884. The summed E-state index contributed by atoms with van der Waals surface area (Å²) < 4.78 is 0. The third-order valence-electron chi connectivity index (χ3n) is 3.02. The molecule has 0 saturated carbocycles. The third-order valence-corrected chi connectivity index (χ3v) is 3.88. The normalized spacial score (nSPS) is 10.6. The summed E-state index contributed by atoms with van der Waals surface area (Å²) in [7, 11) is 0. The van der Waals surface area contributed by atoms with E-state index in [0.29, 0.717) is 13.1 Å². The lowest BCUT2D eigenvalue weighted by Crippen LogP contribution is -2.46. The molecule has 0 atom stereocenters. The first-order valence-electron chi connectivity index (χ1n) is 6.75. The standard InChI is InChI=1S/C14H22N2O3S/c1-4-15(8-7-13(17)18)14(19)16(11(2)3)10-12-6-5-9-20-12/h5-6,9,11H,4,7-8,10H2,1-3H3,(H,17,18). The number of rotatable bonds is 7. The van der Waals surface area contributed by atoms with Gasteiger partial charge in [0.25, 0.3) is 0 Å². The highest BCUT2D eigenvalue weighted by Crippen LogP contribution is 2.16. The van der Waals surface area contributed by atoms with E-state index in [-0.39, 0.29) is 25.0 Å². The lowest BCUT2D eigenvalue weighted by Gasteiger charge is -2.32. The van der Waals surface area contributed by atoms with Crippen molar-refractivity contribution in [2.24, 2.45) is 0 Å². The molecular weight excluding hydrogens is 276 g/mol. The molecule has 1 aromatic rings. The molecule has 0 aliphatic rings. The van der Waals surface area contributed by atoms with Crippen molar-refractivity contribution in [3.05, 3.63) is 22.4 Å². The number of amides is 2. The van der Waals surface area contributed by atoms with E-state index in [4.69, 9.17) is 5.11 Å². The second kappa shape index (κ2) is 7.89. The molecule has 0 aromatic carbocycles. The number of hydrogen-bond acceptors (Lipinski definition) is 3. The van der Waals surface area contributed by atoms with Crippen molar-refractivity contribution in [1.82, 2.24) is 9.80 Å². The molecule has 2 amide bonds. The molecule has 1 rings (SSSR count). The van der Waals surface area contributed by atoms with Gasteiger partial charge in [0.1, 0.15) is 0 Å². The maximum absolute atomic E-state index is 12.5. The largest absolute Gasteiger partial charge is 0.481 e. The van der Waals surface area contributed by atoms with Gasteiger partial charge in [-0.25, -0.2) is 4.79 Å². The van der Waals surface area contributed by atoms with Gasteiger partial charge in [0.15, 0.2) is 0 Å². The Morgan fingerprint density at radius 3 is 2.55 bits per heavy atom. The molecule has 20 heavy (non-hydrogen) atoms. The smallest absolute Gasteiger partial charge is 0.320 e. The van der Waals surface area contributed by atoms with E-state index in [0.717, 1.165) is 4.88 Å². The second-order valence-corrected chi connectivity index (χ2v) is 5.84. The number of aliphatic carboxylic acids is 1. The predicted octanol–water partition coefficient (Wildman–Crippen LogP) is 2.88. The van der Waals surface area contributed by atoms with Gasteiger partial charge >= 0.3 is 12.0 Å². The van der Waals surface area contributed by atoms with Gasteiger partial charge in [0.05, 0.1) is 13.0 Å². The van der Waals surface area contributed by atoms with Gasteiger partial charge in [-0.3, -0.25) is 4.79 Å². The van der Waals surface area contributed by atoms with Crippen molar-refractivity contribution >= 4 is 23.3 Å². The van der Waals surface area contributed by atoms with Gasteiger partial charge in [0, 0.05) is 24.0 Å². The van der Waals surface area contributed by atoms with Crippen LogP contribution in [0.3, 0.4) is 0 Å². The number of nitrogens with zero attached hydrogens (tertiary/aromatic N) is 2. The summed E-state index contributed by atoms with van der Waals surface area (Å²) in [5.41, 5.74) is 0. The van der Waals surface area contributed by atoms with E-state index in [1.165, 1.54) is 0 Å². The van der Waals surface area contributed by atoms with Crippen LogP contribution < -0.4 is 0 Å².